The van der Waals surface area contributed by atoms with Crippen molar-refractivity contribution in [2.75, 3.05) is 18.0 Å². The number of rotatable bonds is 3. The SMILES string of the molecule is NC1(Cc2nc(N3CCCCC3)no2)CCCC1. The van der Waals surface area contributed by atoms with Crippen LogP contribution in [-0.2, 0) is 6.42 Å². The van der Waals surface area contributed by atoms with Crippen LogP contribution in [-0.4, -0.2) is 28.8 Å². The third-order valence-electron chi connectivity index (χ3n) is 4.20. The van der Waals surface area contributed by atoms with Crippen LogP contribution in [0.1, 0.15) is 50.8 Å². The lowest BCUT2D eigenvalue weighted by Crippen LogP contribution is -2.38. The largest absolute Gasteiger partial charge is 0.338 e. The van der Waals surface area contributed by atoms with E-state index in [0.717, 1.165) is 38.3 Å². The minimum absolute atomic E-state index is 0.105. The molecule has 0 atom stereocenters. The molecule has 0 radical (unpaired) electrons. The molecule has 5 heteroatoms. The first-order valence-electron chi connectivity index (χ1n) is 7.12. The van der Waals surface area contributed by atoms with Gasteiger partial charge in [0, 0.05) is 25.0 Å². The van der Waals surface area contributed by atoms with Gasteiger partial charge in [0.25, 0.3) is 5.95 Å². The number of hydrogen-bond donors (Lipinski definition) is 1. The van der Waals surface area contributed by atoms with Crippen LogP contribution < -0.4 is 10.6 Å². The third kappa shape index (κ3) is 2.51. The summed E-state index contributed by atoms with van der Waals surface area (Å²) in [6, 6.07) is 0. The zero-order valence-corrected chi connectivity index (χ0v) is 10.9. The molecule has 100 valence electrons. The molecule has 1 aromatic heterocycles. The zero-order chi connectivity index (χ0) is 12.4. The lowest BCUT2D eigenvalue weighted by molar-refractivity contribution is 0.328. The van der Waals surface area contributed by atoms with Crippen LogP contribution in [0.15, 0.2) is 4.52 Å². The van der Waals surface area contributed by atoms with Crippen molar-refractivity contribution in [3.63, 3.8) is 0 Å². The van der Waals surface area contributed by atoms with Crippen LogP contribution in [0.3, 0.4) is 0 Å². The molecule has 2 N–H and O–H groups in total. The minimum Gasteiger partial charge on any atom is -0.338 e. The Morgan fingerprint density at radius 2 is 1.83 bits per heavy atom. The summed E-state index contributed by atoms with van der Waals surface area (Å²) in [5, 5.41) is 4.10. The molecule has 3 rings (SSSR count). The Balaban J connectivity index is 1.65. The highest BCUT2D eigenvalue weighted by atomic mass is 16.5. The summed E-state index contributed by atoms with van der Waals surface area (Å²) >= 11 is 0. The van der Waals surface area contributed by atoms with Gasteiger partial charge in [-0.25, -0.2) is 0 Å². The molecule has 5 nitrogen and oxygen atoms in total. The Morgan fingerprint density at radius 3 is 2.56 bits per heavy atom. The first kappa shape index (κ1) is 12.0. The van der Waals surface area contributed by atoms with Crippen LogP contribution in [0.25, 0.3) is 0 Å². The Labute approximate surface area is 108 Å². The molecular formula is C13H22N4O. The normalized spacial score (nSPS) is 23.5. The minimum atomic E-state index is -0.105. The lowest BCUT2D eigenvalue weighted by atomic mass is 9.95. The summed E-state index contributed by atoms with van der Waals surface area (Å²) in [6.07, 6.45) is 9.10. The topological polar surface area (TPSA) is 68.2 Å². The van der Waals surface area contributed by atoms with E-state index in [2.05, 4.69) is 15.0 Å². The van der Waals surface area contributed by atoms with Gasteiger partial charge in [0.05, 0.1) is 0 Å². The van der Waals surface area contributed by atoms with Crippen molar-refractivity contribution in [3.05, 3.63) is 5.89 Å². The van der Waals surface area contributed by atoms with Crippen molar-refractivity contribution in [2.45, 2.75) is 56.9 Å². The second kappa shape index (κ2) is 4.88. The summed E-state index contributed by atoms with van der Waals surface area (Å²) < 4.78 is 5.36. The van der Waals surface area contributed by atoms with Gasteiger partial charge in [-0.1, -0.05) is 12.8 Å². The Kier molecular flexibility index (Phi) is 3.24. The molecule has 0 amide bonds. The van der Waals surface area contributed by atoms with Crippen molar-refractivity contribution >= 4 is 5.95 Å². The lowest BCUT2D eigenvalue weighted by Gasteiger charge is -2.24. The molecule has 0 unspecified atom stereocenters. The van der Waals surface area contributed by atoms with Gasteiger partial charge in [-0.2, -0.15) is 4.98 Å². The number of piperidine rings is 1. The van der Waals surface area contributed by atoms with Crippen molar-refractivity contribution in [3.8, 4) is 0 Å². The van der Waals surface area contributed by atoms with Crippen LogP contribution in [0.2, 0.25) is 0 Å². The fourth-order valence-corrected chi connectivity index (χ4v) is 3.10. The molecule has 2 fully saturated rings. The van der Waals surface area contributed by atoms with Crippen molar-refractivity contribution in [1.82, 2.24) is 10.1 Å². The van der Waals surface area contributed by atoms with E-state index in [9.17, 15) is 0 Å². The van der Waals surface area contributed by atoms with E-state index in [1.54, 1.807) is 0 Å². The molecule has 1 aromatic rings. The van der Waals surface area contributed by atoms with Crippen LogP contribution in [0.4, 0.5) is 5.95 Å². The van der Waals surface area contributed by atoms with Gasteiger partial charge >= 0.3 is 0 Å². The molecular weight excluding hydrogens is 228 g/mol. The van der Waals surface area contributed by atoms with Crippen LogP contribution in [0, 0.1) is 0 Å². The van der Waals surface area contributed by atoms with Crippen molar-refractivity contribution in [1.29, 1.82) is 0 Å². The summed E-state index contributed by atoms with van der Waals surface area (Å²) in [5.74, 6) is 1.46. The van der Waals surface area contributed by atoms with E-state index >= 15 is 0 Å². The molecule has 1 saturated carbocycles. The molecule has 0 aromatic carbocycles. The molecule has 0 bridgehead atoms. The number of aromatic nitrogens is 2. The van der Waals surface area contributed by atoms with Gasteiger partial charge in [-0.05, 0) is 37.3 Å². The van der Waals surface area contributed by atoms with Gasteiger partial charge in [-0.15, -0.1) is 0 Å². The van der Waals surface area contributed by atoms with Crippen LogP contribution in [0.5, 0.6) is 0 Å². The predicted octanol–water partition coefficient (Wildman–Crippen LogP) is 1.87. The Hall–Kier alpha value is -1.10. The number of nitrogens with two attached hydrogens (primary N) is 1. The van der Waals surface area contributed by atoms with E-state index in [1.807, 2.05) is 0 Å². The second-order valence-corrected chi connectivity index (χ2v) is 5.78. The van der Waals surface area contributed by atoms with E-state index in [1.165, 1.54) is 32.1 Å². The first-order valence-corrected chi connectivity index (χ1v) is 7.12. The highest BCUT2D eigenvalue weighted by Crippen LogP contribution is 2.30. The van der Waals surface area contributed by atoms with E-state index in [0.29, 0.717) is 5.89 Å². The van der Waals surface area contributed by atoms with Crippen molar-refractivity contribution < 1.29 is 4.52 Å². The number of nitrogens with zero attached hydrogens (tertiary/aromatic N) is 3. The van der Waals surface area contributed by atoms with E-state index < -0.39 is 0 Å². The molecule has 18 heavy (non-hydrogen) atoms. The van der Waals surface area contributed by atoms with E-state index in [4.69, 9.17) is 10.3 Å². The smallest absolute Gasteiger partial charge is 0.266 e. The molecule has 1 aliphatic carbocycles. The summed E-state index contributed by atoms with van der Waals surface area (Å²) in [5.41, 5.74) is 6.23. The fraction of sp³-hybridized carbons (Fsp3) is 0.846. The highest BCUT2D eigenvalue weighted by molar-refractivity contribution is 5.28. The molecule has 0 spiro atoms. The van der Waals surface area contributed by atoms with Gasteiger partial charge in [0.1, 0.15) is 0 Å². The monoisotopic (exact) mass is 250 g/mol. The maximum absolute atomic E-state index is 6.34. The standard InChI is InChI=1S/C13H22N4O/c14-13(6-2-3-7-13)10-11-15-12(16-18-11)17-8-4-1-5-9-17/h1-10,14H2. The average Bonchev–Trinajstić information content (AvgIpc) is 3.00. The fourth-order valence-electron chi connectivity index (χ4n) is 3.10. The first-order chi connectivity index (χ1) is 8.75. The van der Waals surface area contributed by atoms with E-state index in [-0.39, 0.29) is 5.54 Å². The second-order valence-electron chi connectivity index (χ2n) is 5.78. The molecule has 1 aliphatic heterocycles. The van der Waals surface area contributed by atoms with Crippen LogP contribution >= 0.6 is 0 Å². The van der Waals surface area contributed by atoms with Gasteiger partial charge < -0.3 is 15.2 Å². The zero-order valence-electron chi connectivity index (χ0n) is 10.9. The number of hydrogen-bond acceptors (Lipinski definition) is 5. The highest BCUT2D eigenvalue weighted by Gasteiger charge is 2.32. The maximum Gasteiger partial charge on any atom is 0.266 e. The Morgan fingerprint density at radius 1 is 1.11 bits per heavy atom. The average molecular weight is 250 g/mol. The third-order valence-corrected chi connectivity index (χ3v) is 4.20. The summed E-state index contributed by atoms with van der Waals surface area (Å²) in [6.45, 7) is 2.10. The number of anilines is 1. The predicted molar refractivity (Wildman–Crippen MR) is 69.5 cm³/mol. The van der Waals surface area contributed by atoms with Gasteiger partial charge in [0.15, 0.2) is 0 Å². The Bertz CT molecular complexity index is 391. The molecule has 2 aliphatic rings. The summed E-state index contributed by atoms with van der Waals surface area (Å²) in [7, 11) is 0. The molecule has 1 saturated heterocycles. The van der Waals surface area contributed by atoms with Gasteiger partial charge in [0.2, 0.25) is 5.89 Å². The quantitative estimate of drug-likeness (QED) is 0.887. The van der Waals surface area contributed by atoms with Crippen molar-refractivity contribution in [2.24, 2.45) is 5.73 Å². The molecule has 2 heterocycles. The maximum atomic E-state index is 6.34. The summed E-state index contributed by atoms with van der Waals surface area (Å²) in [4.78, 5) is 6.73. The van der Waals surface area contributed by atoms with Gasteiger partial charge in [-0.3, -0.25) is 0 Å².